The molecule has 15 heavy (non-hydrogen) atoms. The molecule has 0 unspecified atom stereocenters. The molecular formula is C10H11N3O2. The van der Waals surface area contributed by atoms with Crippen LogP contribution >= 0.6 is 0 Å². The van der Waals surface area contributed by atoms with E-state index in [0.29, 0.717) is 6.54 Å². The number of rotatable bonds is 3. The first-order chi connectivity index (χ1) is 7.22. The van der Waals surface area contributed by atoms with Gasteiger partial charge in [-0.3, -0.25) is 4.68 Å². The first-order valence-electron chi connectivity index (χ1n) is 4.66. The molecule has 78 valence electrons. The van der Waals surface area contributed by atoms with E-state index in [0.717, 1.165) is 11.3 Å². The van der Waals surface area contributed by atoms with E-state index in [4.69, 9.17) is 5.11 Å². The monoisotopic (exact) mass is 205 g/mol. The summed E-state index contributed by atoms with van der Waals surface area (Å²) in [6.45, 7) is 2.57. The average Bonchev–Trinajstić information content (AvgIpc) is 2.86. The van der Waals surface area contributed by atoms with E-state index in [1.807, 2.05) is 19.2 Å². The molecule has 0 aliphatic rings. The molecule has 2 aromatic heterocycles. The third-order valence-corrected chi connectivity index (χ3v) is 2.19. The van der Waals surface area contributed by atoms with Gasteiger partial charge in [-0.05, 0) is 19.1 Å². The van der Waals surface area contributed by atoms with Gasteiger partial charge in [-0.2, -0.15) is 5.10 Å². The number of hydrogen-bond acceptors (Lipinski definition) is 2. The minimum Gasteiger partial charge on any atom is -0.476 e. The lowest BCUT2D eigenvalue weighted by Gasteiger charge is -2.00. The van der Waals surface area contributed by atoms with E-state index in [9.17, 15) is 4.79 Å². The Kier molecular flexibility index (Phi) is 2.29. The number of aromatic carboxylic acids is 1. The van der Waals surface area contributed by atoms with Crippen LogP contribution < -0.4 is 0 Å². The SMILES string of the molecule is CCn1nc(C(=O)O)cc1-c1cc[nH]c1. The van der Waals surface area contributed by atoms with Crippen molar-refractivity contribution in [2.45, 2.75) is 13.5 Å². The third kappa shape index (κ3) is 1.63. The van der Waals surface area contributed by atoms with Crippen molar-refractivity contribution in [3.05, 3.63) is 30.2 Å². The molecule has 2 heterocycles. The molecule has 5 heteroatoms. The summed E-state index contributed by atoms with van der Waals surface area (Å²) in [5, 5.41) is 12.8. The Labute approximate surface area is 86.4 Å². The minimum absolute atomic E-state index is 0.0769. The van der Waals surface area contributed by atoms with Gasteiger partial charge in [0, 0.05) is 24.5 Å². The van der Waals surface area contributed by atoms with Crippen molar-refractivity contribution >= 4 is 5.97 Å². The molecule has 0 aliphatic heterocycles. The van der Waals surface area contributed by atoms with Crippen molar-refractivity contribution in [2.24, 2.45) is 0 Å². The number of aromatic nitrogens is 3. The fourth-order valence-electron chi connectivity index (χ4n) is 1.48. The van der Waals surface area contributed by atoms with Crippen LogP contribution in [0.5, 0.6) is 0 Å². The Morgan fingerprint density at radius 1 is 1.67 bits per heavy atom. The molecule has 0 amide bonds. The van der Waals surface area contributed by atoms with Crippen molar-refractivity contribution in [1.82, 2.24) is 14.8 Å². The standard InChI is InChI=1S/C10H11N3O2/c1-2-13-9(7-3-4-11-6-7)5-8(12-13)10(14)15/h3-6,11H,2H2,1H3,(H,14,15). The van der Waals surface area contributed by atoms with E-state index in [1.165, 1.54) is 0 Å². The Bertz CT molecular complexity index is 471. The van der Waals surface area contributed by atoms with E-state index in [2.05, 4.69) is 10.1 Å². The summed E-state index contributed by atoms with van der Waals surface area (Å²) in [6, 6.07) is 3.46. The van der Waals surface area contributed by atoms with Gasteiger partial charge in [-0.1, -0.05) is 0 Å². The number of hydrogen-bond donors (Lipinski definition) is 2. The number of carboxylic acids is 1. The molecule has 0 fully saturated rings. The second kappa shape index (κ2) is 3.61. The number of carbonyl (C=O) groups is 1. The Morgan fingerprint density at radius 2 is 2.47 bits per heavy atom. The highest BCUT2D eigenvalue weighted by molar-refractivity contribution is 5.86. The zero-order chi connectivity index (χ0) is 10.8. The van der Waals surface area contributed by atoms with Crippen LogP contribution in [0.3, 0.4) is 0 Å². The van der Waals surface area contributed by atoms with Gasteiger partial charge in [-0.15, -0.1) is 0 Å². The zero-order valence-corrected chi connectivity index (χ0v) is 8.27. The Morgan fingerprint density at radius 3 is 3.00 bits per heavy atom. The van der Waals surface area contributed by atoms with Crippen molar-refractivity contribution in [3.63, 3.8) is 0 Å². The van der Waals surface area contributed by atoms with Gasteiger partial charge in [0.25, 0.3) is 0 Å². The first-order valence-corrected chi connectivity index (χ1v) is 4.66. The maximum absolute atomic E-state index is 10.8. The molecule has 2 N–H and O–H groups in total. The van der Waals surface area contributed by atoms with Crippen molar-refractivity contribution < 1.29 is 9.90 Å². The number of nitrogens with one attached hydrogen (secondary N) is 1. The Hall–Kier alpha value is -2.04. The van der Waals surface area contributed by atoms with Crippen LogP contribution in [0.15, 0.2) is 24.5 Å². The van der Waals surface area contributed by atoms with Gasteiger partial charge < -0.3 is 10.1 Å². The fourth-order valence-corrected chi connectivity index (χ4v) is 1.48. The van der Waals surface area contributed by atoms with Crippen molar-refractivity contribution in [1.29, 1.82) is 0 Å². The minimum atomic E-state index is -1.00. The number of nitrogens with zero attached hydrogens (tertiary/aromatic N) is 2. The lowest BCUT2D eigenvalue weighted by atomic mass is 10.2. The number of aromatic amines is 1. The topological polar surface area (TPSA) is 70.9 Å². The second-order valence-electron chi connectivity index (χ2n) is 3.14. The largest absolute Gasteiger partial charge is 0.476 e. The van der Waals surface area contributed by atoms with Crippen LogP contribution in [0, 0.1) is 0 Å². The molecule has 2 aromatic rings. The van der Waals surface area contributed by atoms with E-state index >= 15 is 0 Å². The van der Waals surface area contributed by atoms with Gasteiger partial charge in [0.05, 0.1) is 5.69 Å². The summed E-state index contributed by atoms with van der Waals surface area (Å²) < 4.78 is 1.67. The molecule has 5 nitrogen and oxygen atoms in total. The number of carboxylic acid groups (broad SMARTS) is 1. The highest BCUT2D eigenvalue weighted by Gasteiger charge is 2.13. The maximum atomic E-state index is 10.8. The van der Waals surface area contributed by atoms with E-state index < -0.39 is 5.97 Å². The maximum Gasteiger partial charge on any atom is 0.356 e. The number of aryl methyl sites for hydroxylation is 1. The van der Waals surface area contributed by atoms with Crippen molar-refractivity contribution in [3.8, 4) is 11.3 Å². The quantitative estimate of drug-likeness (QED) is 0.799. The van der Waals surface area contributed by atoms with Crippen LogP contribution in [-0.2, 0) is 6.54 Å². The molecule has 0 aliphatic carbocycles. The Balaban J connectivity index is 2.51. The van der Waals surface area contributed by atoms with Gasteiger partial charge in [-0.25, -0.2) is 4.79 Å². The van der Waals surface area contributed by atoms with Gasteiger partial charge >= 0.3 is 5.97 Å². The first kappa shape index (κ1) is 9.51. The highest BCUT2D eigenvalue weighted by atomic mass is 16.4. The lowest BCUT2D eigenvalue weighted by Crippen LogP contribution is -2.02. The van der Waals surface area contributed by atoms with Gasteiger partial charge in [0.15, 0.2) is 5.69 Å². The molecule has 0 bridgehead atoms. The number of H-pyrrole nitrogens is 1. The van der Waals surface area contributed by atoms with Crippen molar-refractivity contribution in [2.75, 3.05) is 0 Å². The normalized spacial score (nSPS) is 10.5. The smallest absolute Gasteiger partial charge is 0.356 e. The molecule has 0 saturated carbocycles. The molecule has 0 aromatic carbocycles. The van der Waals surface area contributed by atoms with E-state index in [-0.39, 0.29) is 5.69 Å². The summed E-state index contributed by atoms with van der Waals surface area (Å²) in [6.07, 6.45) is 3.61. The molecule has 0 spiro atoms. The molecular weight excluding hydrogens is 194 g/mol. The third-order valence-electron chi connectivity index (χ3n) is 2.19. The van der Waals surface area contributed by atoms with Crippen LogP contribution in [0.1, 0.15) is 17.4 Å². The van der Waals surface area contributed by atoms with Crippen LogP contribution in [0.2, 0.25) is 0 Å². The summed E-state index contributed by atoms with van der Waals surface area (Å²) in [4.78, 5) is 13.7. The molecule has 0 atom stereocenters. The molecule has 0 radical (unpaired) electrons. The van der Waals surface area contributed by atoms with E-state index in [1.54, 1.807) is 16.9 Å². The predicted octanol–water partition coefficient (Wildman–Crippen LogP) is 1.60. The van der Waals surface area contributed by atoms with Crippen LogP contribution in [0.25, 0.3) is 11.3 Å². The summed E-state index contributed by atoms with van der Waals surface area (Å²) in [5.41, 5.74) is 1.83. The van der Waals surface area contributed by atoms with Crippen LogP contribution in [-0.4, -0.2) is 25.8 Å². The zero-order valence-electron chi connectivity index (χ0n) is 8.27. The highest BCUT2D eigenvalue weighted by Crippen LogP contribution is 2.19. The summed E-state index contributed by atoms with van der Waals surface area (Å²) >= 11 is 0. The second-order valence-corrected chi connectivity index (χ2v) is 3.14. The van der Waals surface area contributed by atoms with Crippen LogP contribution in [0.4, 0.5) is 0 Å². The van der Waals surface area contributed by atoms with Gasteiger partial charge in [0.2, 0.25) is 0 Å². The lowest BCUT2D eigenvalue weighted by molar-refractivity contribution is 0.0689. The molecule has 2 rings (SSSR count). The summed E-state index contributed by atoms with van der Waals surface area (Å²) in [5.74, 6) is -1.00. The van der Waals surface area contributed by atoms with Gasteiger partial charge in [0.1, 0.15) is 0 Å². The molecule has 0 saturated heterocycles. The fraction of sp³-hybridized carbons (Fsp3) is 0.200. The predicted molar refractivity (Wildman–Crippen MR) is 54.6 cm³/mol. The summed E-state index contributed by atoms with van der Waals surface area (Å²) in [7, 11) is 0. The average molecular weight is 205 g/mol.